The van der Waals surface area contributed by atoms with Crippen LogP contribution in [0, 0.1) is 5.41 Å². The molecular formula is C13H25NO. The molecule has 1 unspecified atom stereocenters. The zero-order valence-electron chi connectivity index (χ0n) is 10.1. The molecule has 1 saturated heterocycles. The van der Waals surface area contributed by atoms with Crippen LogP contribution in [-0.4, -0.2) is 25.8 Å². The van der Waals surface area contributed by atoms with Crippen molar-refractivity contribution in [2.45, 2.75) is 58.0 Å². The standard InChI is InChI=1S/C13H25NO/c1-2-14-11-13(8-9-13)7-3-5-12-6-4-10-15-12/h12,14H,2-11H2,1H3. The molecule has 88 valence electrons. The Kier molecular flexibility index (Phi) is 4.04. The number of ether oxygens (including phenoxy) is 1. The van der Waals surface area contributed by atoms with Gasteiger partial charge in [0.05, 0.1) is 6.10 Å². The summed E-state index contributed by atoms with van der Waals surface area (Å²) in [6.45, 7) is 5.57. The van der Waals surface area contributed by atoms with Gasteiger partial charge in [0, 0.05) is 13.2 Å². The maximum Gasteiger partial charge on any atom is 0.0576 e. The van der Waals surface area contributed by atoms with Crippen LogP contribution in [0.4, 0.5) is 0 Å². The van der Waals surface area contributed by atoms with Gasteiger partial charge in [0.15, 0.2) is 0 Å². The molecule has 1 N–H and O–H groups in total. The fourth-order valence-corrected chi connectivity index (χ4v) is 2.66. The van der Waals surface area contributed by atoms with Crippen molar-refractivity contribution in [3.8, 4) is 0 Å². The van der Waals surface area contributed by atoms with Gasteiger partial charge in [0.2, 0.25) is 0 Å². The van der Waals surface area contributed by atoms with E-state index < -0.39 is 0 Å². The van der Waals surface area contributed by atoms with Crippen LogP contribution in [0.25, 0.3) is 0 Å². The third-order valence-electron chi connectivity index (χ3n) is 3.96. The van der Waals surface area contributed by atoms with Gasteiger partial charge in [-0.3, -0.25) is 0 Å². The average Bonchev–Trinajstić information content (AvgIpc) is 2.81. The van der Waals surface area contributed by atoms with Crippen LogP contribution in [0.2, 0.25) is 0 Å². The van der Waals surface area contributed by atoms with Crippen LogP contribution in [0.15, 0.2) is 0 Å². The second-order valence-corrected chi connectivity index (χ2v) is 5.31. The van der Waals surface area contributed by atoms with Crippen molar-refractivity contribution < 1.29 is 4.74 Å². The highest BCUT2D eigenvalue weighted by molar-refractivity contribution is 4.94. The first-order valence-electron chi connectivity index (χ1n) is 6.67. The van der Waals surface area contributed by atoms with Crippen LogP contribution in [-0.2, 0) is 4.74 Å². The molecular weight excluding hydrogens is 186 g/mol. The summed E-state index contributed by atoms with van der Waals surface area (Å²) in [4.78, 5) is 0. The van der Waals surface area contributed by atoms with Gasteiger partial charge in [-0.05, 0) is 50.5 Å². The molecule has 2 heteroatoms. The third kappa shape index (κ3) is 3.46. The lowest BCUT2D eigenvalue weighted by Crippen LogP contribution is -2.23. The molecule has 2 rings (SSSR count). The molecule has 0 amide bonds. The SMILES string of the molecule is CCNCC1(CCCC2CCCO2)CC1. The first-order valence-corrected chi connectivity index (χ1v) is 6.67. The van der Waals surface area contributed by atoms with Crippen LogP contribution in [0.1, 0.15) is 51.9 Å². The fourth-order valence-electron chi connectivity index (χ4n) is 2.66. The lowest BCUT2D eigenvalue weighted by Gasteiger charge is -2.16. The Bertz CT molecular complexity index is 183. The molecule has 2 fully saturated rings. The minimum atomic E-state index is 0.597. The average molecular weight is 211 g/mol. The van der Waals surface area contributed by atoms with E-state index in [1.54, 1.807) is 0 Å². The lowest BCUT2D eigenvalue weighted by molar-refractivity contribution is 0.100. The van der Waals surface area contributed by atoms with Crippen molar-refractivity contribution in [1.29, 1.82) is 0 Å². The molecule has 0 spiro atoms. The Hall–Kier alpha value is -0.0800. The van der Waals surface area contributed by atoms with Crippen molar-refractivity contribution >= 4 is 0 Å². The summed E-state index contributed by atoms with van der Waals surface area (Å²) in [5.41, 5.74) is 0.689. The quantitative estimate of drug-likeness (QED) is 0.699. The molecule has 15 heavy (non-hydrogen) atoms. The number of rotatable bonds is 7. The van der Waals surface area contributed by atoms with Gasteiger partial charge in [0.1, 0.15) is 0 Å². The van der Waals surface area contributed by atoms with Crippen LogP contribution in [0.5, 0.6) is 0 Å². The molecule has 1 aliphatic heterocycles. The number of hydrogen-bond acceptors (Lipinski definition) is 2. The molecule has 1 atom stereocenters. The van der Waals surface area contributed by atoms with E-state index in [1.807, 2.05) is 0 Å². The van der Waals surface area contributed by atoms with E-state index >= 15 is 0 Å². The van der Waals surface area contributed by atoms with Gasteiger partial charge < -0.3 is 10.1 Å². The smallest absolute Gasteiger partial charge is 0.0576 e. The fraction of sp³-hybridized carbons (Fsp3) is 1.00. The molecule has 0 aromatic heterocycles. The summed E-state index contributed by atoms with van der Waals surface area (Å²) in [6, 6.07) is 0. The Labute approximate surface area is 93.8 Å². The third-order valence-corrected chi connectivity index (χ3v) is 3.96. The Morgan fingerprint density at radius 2 is 2.27 bits per heavy atom. The van der Waals surface area contributed by atoms with Crippen LogP contribution >= 0.6 is 0 Å². The molecule has 2 nitrogen and oxygen atoms in total. The zero-order valence-corrected chi connectivity index (χ0v) is 10.1. The van der Waals surface area contributed by atoms with E-state index in [0.29, 0.717) is 11.5 Å². The van der Waals surface area contributed by atoms with Crippen molar-refractivity contribution in [1.82, 2.24) is 5.32 Å². The summed E-state index contributed by atoms with van der Waals surface area (Å²) in [6.07, 6.45) is 10.2. The predicted molar refractivity (Wildman–Crippen MR) is 63.0 cm³/mol. The normalized spacial score (nSPS) is 28.2. The largest absolute Gasteiger partial charge is 0.378 e. The maximum absolute atomic E-state index is 5.65. The zero-order chi connectivity index (χ0) is 10.6. The highest BCUT2D eigenvalue weighted by Gasteiger charge is 2.41. The molecule has 2 aliphatic rings. The van der Waals surface area contributed by atoms with Crippen molar-refractivity contribution in [2.75, 3.05) is 19.7 Å². The van der Waals surface area contributed by atoms with Gasteiger partial charge in [-0.2, -0.15) is 0 Å². The maximum atomic E-state index is 5.65. The molecule has 0 aromatic carbocycles. The molecule has 1 aliphatic carbocycles. The topological polar surface area (TPSA) is 21.3 Å². The monoisotopic (exact) mass is 211 g/mol. The molecule has 1 heterocycles. The van der Waals surface area contributed by atoms with Gasteiger partial charge in [-0.25, -0.2) is 0 Å². The van der Waals surface area contributed by atoms with Crippen molar-refractivity contribution in [2.24, 2.45) is 5.41 Å². The summed E-state index contributed by atoms with van der Waals surface area (Å²) < 4.78 is 5.65. The minimum Gasteiger partial charge on any atom is -0.378 e. The molecule has 1 saturated carbocycles. The number of hydrogen-bond donors (Lipinski definition) is 1. The first kappa shape index (κ1) is 11.4. The van der Waals surface area contributed by atoms with Crippen LogP contribution < -0.4 is 5.32 Å². The predicted octanol–water partition coefficient (Wildman–Crippen LogP) is 2.73. The Balaban J connectivity index is 1.56. The Morgan fingerprint density at radius 1 is 1.40 bits per heavy atom. The van der Waals surface area contributed by atoms with Gasteiger partial charge >= 0.3 is 0 Å². The van der Waals surface area contributed by atoms with E-state index in [9.17, 15) is 0 Å². The molecule has 0 bridgehead atoms. The summed E-state index contributed by atoms with van der Waals surface area (Å²) in [5.74, 6) is 0. The van der Waals surface area contributed by atoms with Gasteiger partial charge in [0.25, 0.3) is 0 Å². The van der Waals surface area contributed by atoms with Gasteiger partial charge in [-0.1, -0.05) is 13.3 Å². The summed E-state index contributed by atoms with van der Waals surface area (Å²) >= 11 is 0. The highest BCUT2D eigenvalue weighted by atomic mass is 16.5. The molecule has 0 radical (unpaired) electrons. The Morgan fingerprint density at radius 3 is 2.87 bits per heavy atom. The lowest BCUT2D eigenvalue weighted by atomic mass is 9.97. The second kappa shape index (κ2) is 5.31. The van der Waals surface area contributed by atoms with E-state index in [1.165, 1.54) is 51.5 Å². The summed E-state index contributed by atoms with van der Waals surface area (Å²) in [7, 11) is 0. The van der Waals surface area contributed by atoms with Crippen LogP contribution in [0.3, 0.4) is 0 Å². The highest BCUT2D eigenvalue weighted by Crippen LogP contribution is 2.49. The van der Waals surface area contributed by atoms with E-state index in [0.717, 1.165) is 13.2 Å². The van der Waals surface area contributed by atoms with Crippen molar-refractivity contribution in [3.05, 3.63) is 0 Å². The van der Waals surface area contributed by atoms with E-state index in [2.05, 4.69) is 12.2 Å². The van der Waals surface area contributed by atoms with Crippen molar-refractivity contribution in [3.63, 3.8) is 0 Å². The molecule has 0 aromatic rings. The number of nitrogens with one attached hydrogen (secondary N) is 1. The first-order chi connectivity index (χ1) is 7.35. The second-order valence-electron chi connectivity index (χ2n) is 5.31. The van der Waals surface area contributed by atoms with E-state index in [4.69, 9.17) is 4.74 Å². The van der Waals surface area contributed by atoms with E-state index in [-0.39, 0.29) is 0 Å². The van der Waals surface area contributed by atoms with Gasteiger partial charge in [-0.15, -0.1) is 0 Å². The summed E-state index contributed by atoms with van der Waals surface area (Å²) in [5, 5.41) is 3.50. The minimum absolute atomic E-state index is 0.597.